The Kier molecular flexibility index (Phi) is 6.91. The summed E-state index contributed by atoms with van der Waals surface area (Å²) < 4.78 is 0. The summed E-state index contributed by atoms with van der Waals surface area (Å²) in [5.74, 6) is 0. The highest BCUT2D eigenvalue weighted by Crippen LogP contribution is 1.86. The predicted octanol–water partition coefficient (Wildman–Crippen LogP) is -0.457. The Morgan fingerprint density at radius 2 is 2.10 bits per heavy atom. The maximum absolute atomic E-state index is 8.85. The van der Waals surface area contributed by atoms with Crippen molar-refractivity contribution in [1.82, 2.24) is 5.32 Å². The van der Waals surface area contributed by atoms with Gasteiger partial charge in [0.25, 0.3) is 0 Å². The monoisotopic (exact) mass is 146 g/mol. The minimum absolute atomic E-state index is 0.147. The second-order valence-corrected chi connectivity index (χ2v) is 2.23. The Hall–Kier alpha value is -0.120. The lowest BCUT2D eigenvalue weighted by Gasteiger charge is -2.06. The zero-order valence-electron chi connectivity index (χ0n) is 6.21. The molecule has 0 aromatic rings. The molecule has 0 fully saturated rings. The van der Waals surface area contributed by atoms with Gasteiger partial charge in [-0.15, -0.1) is 0 Å². The summed E-state index contributed by atoms with van der Waals surface area (Å²) >= 11 is 0. The van der Waals surface area contributed by atoms with Gasteiger partial charge < -0.3 is 15.5 Å². The lowest BCUT2D eigenvalue weighted by Crippen LogP contribution is -2.22. The van der Waals surface area contributed by atoms with Crippen LogP contribution in [0.25, 0.3) is 0 Å². The molecule has 0 aliphatic rings. The van der Waals surface area contributed by atoms with E-state index in [0.29, 0.717) is 6.42 Å². The number of nitrogens with one attached hydrogen (secondary N) is 1. The summed E-state index contributed by atoms with van der Waals surface area (Å²) in [6.45, 7) is 5.12. The van der Waals surface area contributed by atoms with E-state index in [1.807, 2.05) is 0 Å². The minimum Gasteiger partial charge on any atom is -0.394 e. The van der Waals surface area contributed by atoms with E-state index >= 15 is 0 Å². The van der Waals surface area contributed by atoms with E-state index in [-0.39, 0.29) is 6.61 Å². The highest BCUT2D eigenvalue weighted by atomic mass is 16.3. The molecule has 0 aromatic carbocycles. The fourth-order valence-electron chi connectivity index (χ4n) is 0.610. The van der Waals surface area contributed by atoms with E-state index in [1.165, 1.54) is 0 Å². The SMILES string of the molecule is [CH2]CCNCC[C@H](O)CO. The molecule has 3 heteroatoms. The van der Waals surface area contributed by atoms with Crippen molar-refractivity contribution in [2.75, 3.05) is 19.7 Å². The van der Waals surface area contributed by atoms with Gasteiger partial charge in [0.1, 0.15) is 0 Å². The summed E-state index contributed by atoms with van der Waals surface area (Å²) in [4.78, 5) is 0. The van der Waals surface area contributed by atoms with E-state index in [1.54, 1.807) is 0 Å². The van der Waals surface area contributed by atoms with Gasteiger partial charge in [0.15, 0.2) is 0 Å². The first kappa shape index (κ1) is 9.88. The first-order valence-electron chi connectivity index (χ1n) is 3.60. The summed E-state index contributed by atoms with van der Waals surface area (Å²) in [5, 5.41) is 20.3. The first-order chi connectivity index (χ1) is 4.81. The Morgan fingerprint density at radius 1 is 1.40 bits per heavy atom. The zero-order valence-corrected chi connectivity index (χ0v) is 6.21. The van der Waals surface area contributed by atoms with Crippen molar-refractivity contribution in [2.45, 2.75) is 18.9 Å². The normalized spacial score (nSPS) is 13.5. The summed E-state index contributed by atoms with van der Waals surface area (Å²) in [5.41, 5.74) is 0. The van der Waals surface area contributed by atoms with Crippen molar-refractivity contribution in [2.24, 2.45) is 0 Å². The largest absolute Gasteiger partial charge is 0.394 e. The molecule has 0 rings (SSSR count). The maximum Gasteiger partial charge on any atom is 0.0783 e. The molecule has 61 valence electrons. The van der Waals surface area contributed by atoms with Crippen LogP contribution >= 0.6 is 0 Å². The molecule has 0 saturated heterocycles. The predicted molar refractivity (Wildman–Crippen MR) is 40.6 cm³/mol. The highest BCUT2D eigenvalue weighted by Gasteiger charge is 1.98. The molecule has 0 saturated carbocycles. The van der Waals surface area contributed by atoms with Gasteiger partial charge in [-0.05, 0) is 25.9 Å². The van der Waals surface area contributed by atoms with Crippen LogP contribution in [0.4, 0.5) is 0 Å². The van der Waals surface area contributed by atoms with Crippen molar-refractivity contribution >= 4 is 0 Å². The summed E-state index contributed by atoms with van der Waals surface area (Å²) in [6.07, 6.45) is 0.892. The van der Waals surface area contributed by atoms with E-state index in [4.69, 9.17) is 10.2 Å². The average Bonchev–Trinajstić information content (AvgIpc) is 1.98. The molecule has 0 aliphatic carbocycles. The second kappa shape index (κ2) is 6.99. The van der Waals surface area contributed by atoms with Crippen LogP contribution in [-0.4, -0.2) is 36.0 Å². The fourth-order valence-corrected chi connectivity index (χ4v) is 0.610. The smallest absolute Gasteiger partial charge is 0.0783 e. The number of rotatable bonds is 6. The van der Waals surface area contributed by atoms with E-state index in [0.717, 1.165) is 19.5 Å². The van der Waals surface area contributed by atoms with Crippen LogP contribution in [0.2, 0.25) is 0 Å². The average molecular weight is 146 g/mol. The molecule has 0 amide bonds. The second-order valence-electron chi connectivity index (χ2n) is 2.23. The number of aliphatic hydroxyl groups excluding tert-OH is 2. The van der Waals surface area contributed by atoms with Crippen molar-refractivity contribution in [3.05, 3.63) is 6.92 Å². The third kappa shape index (κ3) is 6.01. The molecule has 0 bridgehead atoms. The zero-order chi connectivity index (χ0) is 7.82. The molecule has 0 aromatic heterocycles. The third-order valence-corrected chi connectivity index (χ3v) is 1.22. The highest BCUT2D eigenvalue weighted by molar-refractivity contribution is 4.55. The van der Waals surface area contributed by atoms with Crippen molar-refractivity contribution in [3.8, 4) is 0 Å². The lowest BCUT2D eigenvalue weighted by molar-refractivity contribution is 0.0884. The van der Waals surface area contributed by atoms with Crippen molar-refractivity contribution < 1.29 is 10.2 Å². The molecular formula is C7H16NO2. The van der Waals surface area contributed by atoms with Crippen molar-refractivity contribution in [3.63, 3.8) is 0 Å². The van der Waals surface area contributed by atoms with Crippen LogP contribution < -0.4 is 5.32 Å². The molecule has 0 heterocycles. The number of hydrogen-bond acceptors (Lipinski definition) is 3. The quantitative estimate of drug-likeness (QED) is 0.445. The molecule has 0 unspecified atom stereocenters. The molecular weight excluding hydrogens is 130 g/mol. The maximum atomic E-state index is 8.85. The van der Waals surface area contributed by atoms with Gasteiger partial charge in [-0.25, -0.2) is 0 Å². The fraction of sp³-hybridized carbons (Fsp3) is 0.857. The number of hydrogen-bond donors (Lipinski definition) is 3. The minimum atomic E-state index is -0.572. The van der Waals surface area contributed by atoms with E-state index in [2.05, 4.69) is 12.2 Å². The Morgan fingerprint density at radius 3 is 2.60 bits per heavy atom. The lowest BCUT2D eigenvalue weighted by atomic mass is 10.2. The van der Waals surface area contributed by atoms with Crippen LogP contribution in [0, 0.1) is 6.92 Å². The van der Waals surface area contributed by atoms with Crippen LogP contribution in [0.3, 0.4) is 0 Å². The van der Waals surface area contributed by atoms with Gasteiger partial charge in [-0.1, -0.05) is 6.92 Å². The van der Waals surface area contributed by atoms with Crippen LogP contribution in [-0.2, 0) is 0 Å². The summed E-state index contributed by atoms with van der Waals surface area (Å²) in [6, 6.07) is 0. The van der Waals surface area contributed by atoms with Gasteiger partial charge >= 0.3 is 0 Å². The van der Waals surface area contributed by atoms with Gasteiger partial charge in [-0.2, -0.15) is 0 Å². The van der Waals surface area contributed by atoms with Crippen LogP contribution in [0.5, 0.6) is 0 Å². The molecule has 1 atom stereocenters. The molecule has 3 nitrogen and oxygen atoms in total. The van der Waals surface area contributed by atoms with Gasteiger partial charge in [0, 0.05) is 0 Å². The third-order valence-electron chi connectivity index (χ3n) is 1.22. The standard InChI is InChI=1S/C7H16NO2/c1-2-4-8-5-3-7(10)6-9/h7-10H,1-6H2/t7-/m0/s1. The Balaban J connectivity index is 2.89. The molecule has 10 heavy (non-hydrogen) atoms. The first-order valence-corrected chi connectivity index (χ1v) is 3.60. The molecule has 1 radical (unpaired) electrons. The Bertz CT molecular complexity index is 68.6. The van der Waals surface area contributed by atoms with Gasteiger partial charge in [0.2, 0.25) is 0 Å². The van der Waals surface area contributed by atoms with Gasteiger partial charge in [-0.3, -0.25) is 0 Å². The van der Waals surface area contributed by atoms with E-state index in [9.17, 15) is 0 Å². The van der Waals surface area contributed by atoms with Crippen molar-refractivity contribution in [1.29, 1.82) is 0 Å². The summed E-state index contributed by atoms with van der Waals surface area (Å²) in [7, 11) is 0. The molecule has 0 spiro atoms. The van der Waals surface area contributed by atoms with Crippen LogP contribution in [0.15, 0.2) is 0 Å². The van der Waals surface area contributed by atoms with Gasteiger partial charge in [0.05, 0.1) is 12.7 Å². The number of aliphatic hydroxyl groups is 2. The molecule has 3 N–H and O–H groups in total. The van der Waals surface area contributed by atoms with E-state index < -0.39 is 6.10 Å². The van der Waals surface area contributed by atoms with Crippen LogP contribution in [0.1, 0.15) is 12.8 Å². The topological polar surface area (TPSA) is 52.5 Å². The molecule has 0 aliphatic heterocycles. The Labute approximate surface area is 62.1 Å².